The van der Waals surface area contributed by atoms with Crippen molar-refractivity contribution >= 4 is 0 Å². The molecule has 0 heterocycles. The van der Waals surface area contributed by atoms with Crippen molar-refractivity contribution in [1.82, 2.24) is 0 Å². The van der Waals surface area contributed by atoms with E-state index in [2.05, 4.69) is 38.2 Å². The second kappa shape index (κ2) is 4.54. The van der Waals surface area contributed by atoms with Crippen LogP contribution in [-0.4, -0.2) is 0 Å². The summed E-state index contributed by atoms with van der Waals surface area (Å²) in [6.07, 6.45) is 21.3. The standard InChI is InChI=1S/2C9H14/c2*1-2-9-5-3-8(7-9)4-6-9/h2*3,5,8H,2,4,6-7H2,1H3. The fourth-order valence-corrected chi connectivity index (χ4v) is 4.59. The molecule has 0 aromatic heterocycles. The van der Waals surface area contributed by atoms with Crippen LogP contribution in [0.25, 0.3) is 0 Å². The zero-order chi connectivity index (χ0) is 12.6. The summed E-state index contributed by atoms with van der Waals surface area (Å²) < 4.78 is 0. The summed E-state index contributed by atoms with van der Waals surface area (Å²) in [6, 6.07) is 0. The lowest BCUT2D eigenvalue weighted by atomic mass is 9.85. The largest absolute Gasteiger partial charge is 0.0848 e. The summed E-state index contributed by atoms with van der Waals surface area (Å²) in [7, 11) is 0. The van der Waals surface area contributed by atoms with Gasteiger partial charge in [0.1, 0.15) is 0 Å². The molecule has 2 saturated carbocycles. The third kappa shape index (κ3) is 2.08. The molecule has 4 aliphatic rings. The smallest absolute Gasteiger partial charge is 0.0115 e. The third-order valence-electron chi connectivity index (χ3n) is 6.22. The first-order chi connectivity index (χ1) is 8.69. The Morgan fingerprint density at radius 1 is 0.833 bits per heavy atom. The fourth-order valence-electron chi connectivity index (χ4n) is 4.59. The first-order valence-electron chi connectivity index (χ1n) is 8.08. The average Bonchev–Trinajstić information content (AvgIpc) is 3.19. The van der Waals surface area contributed by atoms with E-state index >= 15 is 0 Å². The van der Waals surface area contributed by atoms with Crippen molar-refractivity contribution in [3.8, 4) is 0 Å². The minimum Gasteiger partial charge on any atom is -0.0848 e. The molecule has 0 nitrogen and oxygen atoms in total. The predicted molar refractivity (Wildman–Crippen MR) is 78.4 cm³/mol. The summed E-state index contributed by atoms with van der Waals surface area (Å²) in [5, 5.41) is 0. The Hall–Kier alpha value is -0.520. The molecule has 4 aliphatic carbocycles. The first-order valence-corrected chi connectivity index (χ1v) is 8.08. The van der Waals surface area contributed by atoms with E-state index in [1.165, 1.54) is 51.4 Å². The molecule has 4 atom stereocenters. The summed E-state index contributed by atoms with van der Waals surface area (Å²) in [4.78, 5) is 0. The normalized spacial score (nSPS) is 46.6. The van der Waals surface area contributed by atoms with E-state index in [4.69, 9.17) is 0 Å². The molecule has 4 unspecified atom stereocenters. The van der Waals surface area contributed by atoms with Crippen molar-refractivity contribution < 1.29 is 0 Å². The van der Waals surface area contributed by atoms with Gasteiger partial charge in [0.25, 0.3) is 0 Å². The van der Waals surface area contributed by atoms with E-state index in [-0.39, 0.29) is 0 Å². The fraction of sp³-hybridized carbons (Fsp3) is 0.778. The Bertz CT molecular complexity index is 328. The van der Waals surface area contributed by atoms with Crippen LogP contribution in [0.5, 0.6) is 0 Å². The highest BCUT2D eigenvalue weighted by atomic mass is 14.4. The van der Waals surface area contributed by atoms with Crippen molar-refractivity contribution in [3.05, 3.63) is 24.3 Å². The van der Waals surface area contributed by atoms with Crippen LogP contribution in [0.1, 0.15) is 65.2 Å². The van der Waals surface area contributed by atoms with Crippen LogP contribution in [0.3, 0.4) is 0 Å². The Kier molecular flexibility index (Phi) is 3.16. The molecule has 0 saturated heterocycles. The van der Waals surface area contributed by atoms with Gasteiger partial charge in [0, 0.05) is 0 Å². The highest BCUT2D eigenvalue weighted by molar-refractivity contribution is 5.15. The quantitative estimate of drug-likeness (QED) is 0.562. The SMILES string of the molecule is CCC12C=CC(CC1)C2.CCC12C=CC(CC1)C2. The second-order valence-electron chi connectivity index (χ2n) is 7.16. The van der Waals surface area contributed by atoms with Gasteiger partial charge in [0.2, 0.25) is 0 Å². The van der Waals surface area contributed by atoms with Gasteiger partial charge in [-0.1, -0.05) is 38.2 Å². The minimum atomic E-state index is 0.671. The van der Waals surface area contributed by atoms with Crippen LogP contribution in [0.2, 0.25) is 0 Å². The molecule has 0 spiro atoms. The van der Waals surface area contributed by atoms with Crippen molar-refractivity contribution in [3.63, 3.8) is 0 Å². The Morgan fingerprint density at radius 2 is 1.28 bits per heavy atom. The van der Waals surface area contributed by atoms with Gasteiger partial charge in [-0.25, -0.2) is 0 Å². The van der Waals surface area contributed by atoms with Crippen LogP contribution >= 0.6 is 0 Å². The van der Waals surface area contributed by atoms with E-state index in [0.29, 0.717) is 10.8 Å². The van der Waals surface area contributed by atoms with Gasteiger partial charge in [-0.05, 0) is 74.0 Å². The molecule has 18 heavy (non-hydrogen) atoms. The molecule has 0 aliphatic heterocycles. The molecule has 0 aromatic rings. The highest BCUT2D eigenvalue weighted by Crippen LogP contribution is 2.51. The van der Waals surface area contributed by atoms with Crippen LogP contribution in [0, 0.1) is 22.7 Å². The van der Waals surface area contributed by atoms with E-state index in [1.54, 1.807) is 0 Å². The zero-order valence-electron chi connectivity index (χ0n) is 12.1. The Morgan fingerprint density at radius 3 is 1.39 bits per heavy atom. The van der Waals surface area contributed by atoms with Crippen molar-refractivity contribution in [2.24, 2.45) is 22.7 Å². The summed E-state index contributed by atoms with van der Waals surface area (Å²) in [6.45, 7) is 4.64. The number of rotatable bonds is 2. The lowest BCUT2D eigenvalue weighted by Gasteiger charge is -2.19. The maximum Gasteiger partial charge on any atom is -0.0115 e. The van der Waals surface area contributed by atoms with E-state index < -0.39 is 0 Å². The van der Waals surface area contributed by atoms with Crippen molar-refractivity contribution in [2.45, 2.75) is 65.2 Å². The Labute approximate surface area is 113 Å². The molecule has 100 valence electrons. The van der Waals surface area contributed by atoms with Gasteiger partial charge >= 0.3 is 0 Å². The molecule has 0 heteroatoms. The van der Waals surface area contributed by atoms with Gasteiger partial charge in [-0.2, -0.15) is 0 Å². The number of allylic oxidation sites excluding steroid dienone is 4. The molecule has 0 amide bonds. The van der Waals surface area contributed by atoms with E-state index in [0.717, 1.165) is 11.8 Å². The van der Waals surface area contributed by atoms with Crippen molar-refractivity contribution in [1.29, 1.82) is 0 Å². The molecule has 0 radical (unpaired) electrons. The maximum atomic E-state index is 2.46. The van der Waals surface area contributed by atoms with Gasteiger partial charge in [0.05, 0.1) is 0 Å². The second-order valence-corrected chi connectivity index (χ2v) is 7.16. The molecular formula is C18H28. The molecule has 0 aromatic carbocycles. The van der Waals surface area contributed by atoms with E-state index in [9.17, 15) is 0 Å². The van der Waals surface area contributed by atoms with Crippen molar-refractivity contribution in [2.75, 3.05) is 0 Å². The first kappa shape index (κ1) is 12.5. The topological polar surface area (TPSA) is 0 Å². The third-order valence-corrected chi connectivity index (χ3v) is 6.22. The van der Waals surface area contributed by atoms with Crippen LogP contribution in [0.4, 0.5) is 0 Å². The molecule has 0 N–H and O–H groups in total. The zero-order valence-corrected chi connectivity index (χ0v) is 12.1. The Balaban J connectivity index is 0.000000111. The lowest BCUT2D eigenvalue weighted by molar-refractivity contribution is 0.388. The van der Waals surface area contributed by atoms with Gasteiger partial charge < -0.3 is 0 Å². The minimum absolute atomic E-state index is 0.671. The van der Waals surface area contributed by atoms with Crippen LogP contribution in [0.15, 0.2) is 24.3 Å². The van der Waals surface area contributed by atoms with Crippen LogP contribution in [-0.2, 0) is 0 Å². The maximum absolute atomic E-state index is 2.46. The van der Waals surface area contributed by atoms with Crippen LogP contribution < -0.4 is 0 Å². The van der Waals surface area contributed by atoms with Gasteiger partial charge in [-0.3, -0.25) is 0 Å². The summed E-state index contributed by atoms with van der Waals surface area (Å²) >= 11 is 0. The number of hydrogen-bond donors (Lipinski definition) is 0. The molecule has 4 rings (SSSR count). The number of hydrogen-bond acceptors (Lipinski definition) is 0. The molecular weight excluding hydrogens is 216 g/mol. The predicted octanol–water partition coefficient (Wildman–Crippen LogP) is 5.51. The highest BCUT2D eigenvalue weighted by Gasteiger charge is 2.39. The van der Waals surface area contributed by atoms with Gasteiger partial charge in [-0.15, -0.1) is 0 Å². The number of fused-ring (bicyclic) bond motifs is 4. The lowest BCUT2D eigenvalue weighted by Crippen LogP contribution is -2.08. The average molecular weight is 244 g/mol. The summed E-state index contributed by atoms with van der Waals surface area (Å²) in [5.41, 5.74) is 1.34. The molecule has 2 fully saturated rings. The molecule has 4 bridgehead atoms. The van der Waals surface area contributed by atoms with Gasteiger partial charge in [0.15, 0.2) is 0 Å². The summed E-state index contributed by atoms with van der Waals surface area (Å²) in [5.74, 6) is 1.93. The van der Waals surface area contributed by atoms with E-state index in [1.807, 2.05) is 0 Å². The monoisotopic (exact) mass is 244 g/mol.